The number of hydrogen-bond donors (Lipinski definition) is 1. The highest BCUT2D eigenvalue weighted by Crippen LogP contribution is 2.34. The molecule has 0 spiro atoms. The van der Waals surface area contributed by atoms with Crippen LogP contribution in [0.2, 0.25) is 0 Å². The van der Waals surface area contributed by atoms with Crippen LogP contribution in [-0.4, -0.2) is 38.8 Å². The molecular weight excluding hydrogens is 442 g/mol. The van der Waals surface area contributed by atoms with Crippen LogP contribution in [0.3, 0.4) is 0 Å². The van der Waals surface area contributed by atoms with E-state index in [9.17, 15) is 9.59 Å². The monoisotopic (exact) mass is 461 g/mol. The van der Waals surface area contributed by atoms with Crippen LogP contribution in [0.1, 0.15) is 37.1 Å². The number of amides is 2. The third-order valence-corrected chi connectivity index (χ3v) is 6.29. The molecule has 0 aliphatic carbocycles. The molecule has 9 nitrogen and oxygen atoms in total. The Morgan fingerprint density at radius 1 is 1.18 bits per heavy atom. The van der Waals surface area contributed by atoms with Crippen LogP contribution in [-0.2, 0) is 13.1 Å². The highest BCUT2D eigenvalue weighted by molar-refractivity contribution is 7.16. The molecule has 166 valence electrons. The summed E-state index contributed by atoms with van der Waals surface area (Å²) in [5.41, 5.74) is 3.76. The van der Waals surface area contributed by atoms with Crippen molar-refractivity contribution in [3.8, 4) is 16.9 Å². The fourth-order valence-electron chi connectivity index (χ4n) is 3.71. The highest BCUT2D eigenvalue weighted by Gasteiger charge is 2.29. The van der Waals surface area contributed by atoms with E-state index in [4.69, 9.17) is 9.15 Å². The number of benzene rings is 1. The molecule has 4 heterocycles. The summed E-state index contributed by atoms with van der Waals surface area (Å²) in [5, 5.41) is 3.36. The van der Waals surface area contributed by atoms with Gasteiger partial charge in [0.25, 0.3) is 11.8 Å². The number of nitrogens with one attached hydrogen (secondary N) is 1. The van der Waals surface area contributed by atoms with Crippen molar-refractivity contribution in [2.45, 2.75) is 20.0 Å². The number of para-hydroxylation sites is 1. The SMILES string of the molecule is COc1ccccc1-c1cc(C)ncc1C(=O)Nc1nc2c(s1)CN(C(=O)c1cocn1)C2. The van der Waals surface area contributed by atoms with Gasteiger partial charge in [0.2, 0.25) is 0 Å². The molecule has 5 rings (SSSR count). The van der Waals surface area contributed by atoms with E-state index in [2.05, 4.69) is 20.3 Å². The number of fused-ring (bicyclic) bond motifs is 1. The van der Waals surface area contributed by atoms with Crippen molar-refractivity contribution >= 4 is 28.3 Å². The van der Waals surface area contributed by atoms with E-state index < -0.39 is 0 Å². The van der Waals surface area contributed by atoms with Gasteiger partial charge >= 0.3 is 0 Å². The average Bonchev–Trinajstić information content (AvgIpc) is 3.55. The first-order chi connectivity index (χ1) is 16.0. The number of pyridine rings is 1. The van der Waals surface area contributed by atoms with Gasteiger partial charge in [-0.05, 0) is 19.1 Å². The summed E-state index contributed by atoms with van der Waals surface area (Å²) < 4.78 is 10.4. The Morgan fingerprint density at radius 3 is 2.79 bits per heavy atom. The van der Waals surface area contributed by atoms with Gasteiger partial charge < -0.3 is 14.1 Å². The molecule has 1 aliphatic rings. The maximum atomic E-state index is 13.2. The van der Waals surface area contributed by atoms with E-state index in [1.807, 2.05) is 37.3 Å². The molecule has 2 amide bonds. The summed E-state index contributed by atoms with van der Waals surface area (Å²) in [6, 6.07) is 9.39. The lowest BCUT2D eigenvalue weighted by molar-refractivity contribution is 0.0744. The maximum absolute atomic E-state index is 13.2. The van der Waals surface area contributed by atoms with Crippen molar-refractivity contribution in [3.05, 3.63) is 76.7 Å². The number of aryl methyl sites for hydroxylation is 1. The smallest absolute Gasteiger partial charge is 0.276 e. The Morgan fingerprint density at radius 2 is 2.03 bits per heavy atom. The molecule has 0 fully saturated rings. The van der Waals surface area contributed by atoms with Crippen LogP contribution in [0.15, 0.2) is 53.6 Å². The number of rotatable bonds is 5. The number of hydrogen-bond acceptors (Lipinski definition) is 8. The maximum Gasteiger partial charge on any atom is 0.276 e. The van der Waals surface area contributed by atoms with Crippen LogP contribution in [0.25, 0.3) is 11.1 Å². The number of carbonyl (C=O) groups is 2. The molecule has 0 atom stereocenters. The second-order valence-corrected chi connectivity index (χ2v) is 8.53. The minimum Gasteiger partial charge on any atom is -0.496 e. The zero-order valence-electron chi connectivity index (χ0n) is 17.9. The highest BCUT2D eigenvalue weighted by atomic mass is 32.1. The lowest BCUT2D eigenvalue weighted by atomic mass is 9.99. The van der Waals surface area contributed by atoms with Gasteiger partial charge in [0.05, 0.1) is 36.3 Å². The molecule has 4 aromatic rings. The molecule has 33 heavy (non-hydrogen) atoms. The summed E-state index contributed by atoms with van der Waals surface area (Å²) in [6.07, 6.45) is 4.11. The third-order valence-electron chi connectivity index (χ3n) is 5.29. The number of methoxy groups -OCH3 is 1. The lowest BCUT2D eigenvalue weighted by Crippen LogP contribution is -2.25. The zero-order chi connectivity index (χ0) is 22.9. The van der Waals surface area contributed by atoms with E-state index in [1.165, 1.54) is 24.0 Å². The molecule has 0 saturated carbocycles. The van der Waals surface area contributed by atoms with Crippen molar-refractivity contribution in [3.63, 3.8) is 0 Å². The number of nitrogens with zero attached hydrogens (tertiary/aromatic N) is 4. The number of aromatic nitrogens is 3. The molecule has 1 aromatic carbocycles. The number of ether oxygens (including phenoxy) is 1. The summed E-state index contributed by atoms with van der Waals surface area (Å²) in [7, 11) is 1.60. The number of carbonyl (C=O) groups excluding carboxylic acids is 2. The van der Waals surface area contributed by atoms with Crippen LogP contribution >= 0.6 is 11.3 Å². The zero-order valence-corrected chi connectivity index (χ0v) is 18.7. The van der Waals surface area contributed by atoms with Gasteiger partial charge in [-0.15, -0.1) is 0 Å². The Labute approximate surface area is 193 Å². The fraction of sp³-hybridized carbons (Fsp3) is 0.174. The molecular formula is C23H19N5O4S. The molecule has 1 aliphatic heterocycles. The minimum absolute atomic E-state index is 0.216. The second kappa shape index (κ2) is 8.47. The van der Waals surface area contributed by atoms with E-state index >= 15 is 0 Å². The van der Waals surface area contributed by atoms with Gasteiger partial charge in [0.15, 0.2) is 17.2 Å². The van der Waals surface area contributed by atoms with Crippen LogP contribution in [0.4, 0.5) is 5.13 Å². The lowest BCUT2D eigenvalue weighted by Gasteiger charge is -2.14. The second-order valence-electron chi connectivity index (χ2n) is 7.45. The molecule has 1 N–H and O–H groups in total. The van der Waals surface area contributed by atoms with Crippen molar-refractivity contribution in [1.29, 1.82) is 0 Å². The van der Waals surface area contributed by atoms with Crippen molar-refractivity contribution in [2.75, 3.05) is 12.4 Å². The first-order valence-corrected chi connectivity index (χ1v) is 10.9. The Hall–Kier alpha value is -4.05. The predicted octanol–water partition coefficient (Wildman–Crippen LogP) is 3.92. The third kappa shape index (κ3) is 3.96. The van der Waals surface area contributed by atoms with Crippen LogP contribution in [0, 0.1) is 6.92 Å². The molecule has 0 saturated heterocycles. The molecule has 0 radical (unpaired) electrons. The Kier molecular flexibility index (Phi) is 5.35. The van der Waals surface area contributed by atoms with E-state index in [1.54, 1.807) is 18.2 Å². The van der Waals surface area contributed by atoms with Crippen molar-refractivity contribution in [2.24, 2.45) is 0 Å². The summed E-state index contributed by atoms with van der Waals surface area (Å²) in [4.78, 5) is 40.9. The van der Waals surface area contributed by atoms with E-state index in [-0.39, 0.29) is 17.5 Å². The first-order valence-electron chi connectivity index (χ1n) is 10.1. The van der Waals surface area contributed by atoms with Gasteiger partial charge in [0.1, 0.15) is 12.0 Å². The molecule has 3 aromatic heterocycles. The van der Waals surface area contributed by atoms with E-state index in [0.717, 1.165) is 27.4 Å². The van der Waals surface area contributed by atoms with Gasteiger partial charge in [-0.25, -0.2) is 9.97 Å². The summed E-state index contributed by atoms with van der Waals surface area (Å²) in [6.45, 7) is 2.64. The summed E-state index contributed by atoms with van der Waals surface area (Å²) >= 11 is 1.35. The standard InChI is InChI=1S/C23H19N5O4S/c1-13-7-15(14-5-3-4-6-19(14)31-2)16(8-24-13)21(29)27-23-26-17-9-28(10-20(17)33-23)22(30)18-11-32-12-25-18/h3-8,11-12H,9-10H2,1-2H3,(H,26,27,29). The Bertz CT molecular complexity index is 1330. The first kappa shape index (κ1) is 20.8. The molecule has 0 bridgehead atoms. The van der Waals surface area contributed by atoms with Gasteiger partial charge in [-0.2, -0.15) is 0 Å². The predicted molar refractivity (Wildman–Crippen MR) is 121 cm³/mol. The normalized spacial score (nSPS) is 12.5. The number of anilines is 1. The Balaban J connectivity index is 1.36. The van der Waals surface area contributed by atoms with Crippen LogP contribution in [0.5, 0.6) is 5.75 Å². The average molecular weight is 462 g/mol. The van der Waals surface area contributed by atoms with Gasteiger partial charge in [-0.3, -0.25) is 19.9 Å². The number of thiazole rings is 1. The minimum atomic E-state index is -0.314. The molecule has 10 heteroatoms. The van der Waals surface area contributed by atoms with Crippen molar-refractivity contribution < 1.29 is 18.7 Å². The van der Waals surface area contributed by atoms with Gasteiger partial charge in [-0.1, -0.05) is 29.5 Å². The fourth-order valence-corrected chi connectivity index (χ4v) is 4.69. The molecule has 0 unspecified atom stereocenters. The largest absolute Gasteiger partial charge is 0.496 e. The summed E-state index contributed by atoms with van der Waals surface area (Å²) in [5.74, 6) is 0.139. The van der Waals surface area contributed by atoms with Crippen LogP contribution < -0.4 is 10.1 Å². The quantitative estimate of drug-likeness (QED) is 0.480. The van der Waals surface area contributed by atoms with Gasteiger partial charge in [0, 0.05) is 23.0 Å². The van der Waals surface area contributed by atoms with E-state index in [0.29, 0.717) is 29.5 Å². The van der Waals surface area contributed by atoms with Crippen molar-refractivity contribution in [1.82, 2.24) is 19.9 Å². The number of oxazole rings is 1. The topological polar surface area (TPSA) is 110 Å².